The average Bonchev–Trinajstić information content (AvgIpc) is 2.50. The number of rotatable bonds is 2. The molecule has 1 aliphatic heterocycles. The number of hydrogen-bond donors (Lipinski definition) is 1. The Bertz CT molecular complexity index is 456. The van der Waals surface area contributed by atoms with Crippen molar-refractivity contribution in [2.24, 2.45) is 5.41 Å². The largest absolute Gasteiger partial charge is 0.373 e. The van der Waals surface area contributed by atoms with Gasteiger partial charge in [-0.05, 0) is 38.0 Å². The molecule has 0 radical (unpaired) electrons. The van der Waals surface area contributed by atoms with Crippen molar-refractivity contribution in [3.05, 3.63) is 11.9 Å². The summed E-state index contributed by atoms with van der Waals surface area (Å²) in [7, 11) is 1.92. The molecular weight excluding hydrogens is 248 g/mol. The third-order valence-corrected chi connectivity index (χ3v) is 5.33. The molecule has 1 saturated carbocycles. The summed E-state index contributed by atoms with van der Waals surface area (Å²) >= 11 is 0. The summed E-state index contributed by atoms with van der Waals surface area (Å²) in [6, 6.07) is 0. The zero-order valence-corrected chi connectivity index (χ0v) is 12.8. The molecule has 0 aromatic carbocycles. The fourth-order valence-electron chi connectivity index (χ4n) is 4.01. The first kappa shape index (κ1) is 13.7. The maximum Gasteiger partial charge on any atom is 0.137 e. The van der Waals surface area contributed by atoms with E-state index in [4.69, 9.17) is 0 Å². The predicted octanol–water partition coefficient (Wildman–Crippen LogP) is 3.38. The van der Waals surface area contributed by atoms with Crippen LogP contribution in [-0.4, -0.2) is 30.1 Å². The van der Waals surface area contributed by atoms with E-state index < -0.39 is 0 Å². The molecule has 1 aromatic rings. The van der Waals surface area contributed by atoms with Crippen molar-refractivity contribution in [2.75, 3.05) is 30.4 Å². The molecule has 110 valence electrons. The third kappa shape index (κ3) is 2.48. The molecule has 4 heteroatoms. The van der Waals surface area contributed by atoms with Gasteiger partial charge in [-0.2, -0.15) is 0 Å². The van der Waals surface area contributed by atoms with Crippen molar-refractivity contribution in [1.29, 1.82) is 0 Å². The van der Waals surface area contributed by atoms with Gasteiger partial charge < -0.3 is 10.2 Å². The van der Waals surface area contributed by atoms with Crippen molar-refractivity contribution in [3.8, 4) is 0 Å². The molecule has 3 rings (SSSR count). The summed E-state index contributed by atoms with van der Waals surface area (Å²) in [6.07, 6.45) is 11.6. The summed E-state index contributed by atoms with van der Waals surface area (Å²) in [5.41, 5.74) is 1.83. The highest BCUT2D eigenvalue weighted by Crippen LogP contribution is 2.45. The number of aromatic nitrogens is 2. The Morgan fingerprint density at radius 3 is 2.40 bits per heavy atom. The molecule has 20 heavy (non-hydrogen) atoms. The van der Waals surface area contributed by atoms with E-state index in [1.54, 1.807) is 6.33 Å². The molecule has 0 amide bonds. The molecule has 1 aliphatic carbocycles. The summed E-state index contributed by atoms with van der Waals surface area (Å²) < 4.78 is 0. The number of anilines is 2. The molecule has 0 atom stereocenters. The Balaban J connectivity index is 1.72. The van der Waals surface area contributed by atoms with E-state index in [1.165, 1.54) is 50.5 Å². The molecule has 1 N–H and O–H groups in total. The molecule has 1 aromatic heterocycles. The van der Waals surface area contributed by atoms with Crippen molar-refractivity contribution in [3.63, 3.8) is 0 Å². The van der Waals surface area contributed by atoms with Gasteiger partial charge >= 0.3 is 0 Å². The Kier molecular flexibility index (Phi) is 3.81. The van der Waals surface area contributed by atoms with Crippen LogP contribution in [0.4, 0.5) is 11.6 Å². The second kappa shape index (κ2) is 5.58. The Hall–Kier alpha value is -1.32. The minimum absolute atomic E-state index is 0.654. The molecule has 1 spiro atoms. The van der Waals surface area contributed by atoms with E-state index in [-0.39, 0.29) is 0 Å². The molecule has 2 fully saturated rings. The number of piperidine rings is 1. The van der Waals surface area contributed by atoms with Gasteiger partial charge in [0.25, 0.3) is 0 Å². The van der Waals surface area contributed by atoms with E-state index in [2.05, 4.69) is 27.1 Å². The quantitative estimate of drug-likeness (QED) is 0.897. The lowest BCUT2D eigenvalue weighted by molar-refractivity contribution is 0.144. The fraction of sp³-hybridized carbons (Fsp3) is 0.750. The molecule has 2 heterocycles. The first-order valence-corrected chi connectivity index (χ1v) is 7.98. The lowest BCUT2D eigenvalue weighted by atomic mass is 9.68. The van der Waals surface area contributed by atoms with E-state index in [0.717, 1.165) is 24.7 Å². The maximum absolute atomic E-state index is 4.52. The summed E-state index contributed by atoms with van der Waals surface area (Å²) in [4.78, 5) is 11.3. The first-order valence-electron chi connectivity index (χ1n) is 7.98. The smallest absolute Gasteiger partial charge is 0.137 e. The highest BCUT2D eigenvalue weighted by Gasteiger charge is 2.36. The summed E-state index contributed by atoms with van der Waals surface area (Å²) in [5.74, 6) is 2.07. The minimum Gasteiger partial charge on any atom is -0.373 e. The van der Waals surface area contributed by atoms with Gasteiger partial charge in [0.1, 0.15) is 18.0 Å². The maximum atomic E-state index is 4.52. The van der Waals surface area contributed by atoms with Gasteiger partial charge in [0, 0.05) is 25.7 Å². The molecule has 0 unspecified atom stereocenters. The van der Waals surface area contributed by atoms with Crippen LogP contribution < -0.4 is 10.2 Å². The van der Waals surface area contributed by atoms with Gasteiger partial charge in [0.2, 0.25) is 0 Å². The molecule has 4 nitrogen and oxygen atoms in total. The third-order valence-electron chi connectivity index (χ3n) is 5.33. The molecule has 1 saturated heterocycles. The summed E-state index contributed by atoms with van der Waals surface area (Å²) in [5, 5.41) is 3.15. The summed E-state index contributed by atoms with van der Waals surface area (Å²) in [6.45, 7) is 4.42. The molecule has 2 aliphatic rings. The van der Waals surface area contributed by atoms with E-state index >= 15 is 0 Å². The Morgan fingerprint density at radius 2 is 1.75 bits per heavy atom. The van der Waals surface area contributed by atoms with Gasteiger partial charge in [-0.1, -0.05) is 19.3 Å². The van der Waals surface area contributed by atoms with Crippen molar-refractivity contribution >= 4 is 11.6 Å². The Labute approximate surface area is 122 Å². The lowest BCUT2D eigenvalue weighted by Crippen LogP contribution is -2.41. The standard InChI is InChI=1S/C16H26N4/c1-13-14(17-2)18-12-19-15(13)20-10-8-16(9-11-20)6-4-3-5-7-16/h12H,3-11H2,1-2H3,(H,17,18,19). The number of nitrogens with zero attached hydrogens (tertiary/aromatic N) is 3. The van der Waals surface area contributed by atoms with Gasteiger partial charge in [-0.25, -0.2) is 9.97 Å². The Morgan fingerprint density at radius 1 is 1.05 bits per heavy atom. The lowest BCUT2D eigenvalue weighted by Gasteiger charge is -2.45. The number of nitrogens with one attached hydrogen (secondary N) is 1. The number of hydrogen-bond acceptors (Lipinski definition) is 4. The predicted molar refractivity (Wildman–Crippen MR) is 83.3 cm³/mol. The second-order valence-electron chi connectivity index (χ2n) is 6.47. The second-order valence-corrected chi connectivity index (χ2v) is 6.47. The van der Waals surface area contributed by atoms with Crippen molar-refractivity contribution < 1.29 is 0 Å². The van der Waals surface area contributed by atoms with Crippen LogP contribution in [0.15, 0.2) is 6.33 Å². The van der Waals surface area contributed by atoms with Gasteiger partial charge in [0.05, 0.1) is 0 Å². The van der Waals surface area contributed by atoms with Crippen LogP contribution in [0.1, 0.15) is 50.5 Å². The first-order chi connectivity index (χ1) is 9.74. The van der Waals surface area contributed by atoms with Crippen LogP contribution in [0, 0.1) is 12.3 Å². The van der Waals surface area contributed by atoms with Crippen LogP contribution in [-0.2, 0) is 0 Å². The van der Waals surface area contributed by atoms with E-state index in [0.29, 0.717) is 5.41 Å². The van der Waals surface area contributed by atoms with E-state index in [1.807, 2.05) is 7.05 Å². The van der Waals surface area contributed by atoms with Crippen LogP contribution >= 0.6 is 0 Å². The SMILES string of the molecule is CNc1ncnc(N2CCC3(CCCCC3)CC2)c1C. The van der Waals surface area contributed by atoms with Crippen LogP contribution in [0.2, 0.25) is 0 Å². The average molecular weight is 274 g/mol. The van der Waals surface area contributed by atoms with E-state index in [9.17, 15) is 0 Å². The zero-order valence-electron chi connectivity index (χ0n) is 12.8. The fourth-order valence-corrected chi connectivity index (χ4v) is 4.01. The van der Waals surface area contributed by atoms with Gasteiger partial charge in [-0.3, -0.25) is 0 Å². The molecular formula is C16H26N4. The van der Waals surface area contributed by atoms with Gasteiger partial charge in [0.15, 0.2) is 0 Å². The monoisotopic (exact) mass is 274 g/mol. The topological polar surface area (TPSA) is 41.1 Å². The minimum atomic E-state index is 0.654. The highest BCUT2D eigenvalue weighted by molar-refractivity contribution is 5.57. The van der Waals surface area contributed by atoms with Crippen LogP contribution in [0.3, 0.4) is 0 Å². The molecule has 0 bridgehead atoms. The normalized spacial score (nSPS) is 22.0. The van der Waals surface area contributed by atoms with Crippen LogP contribution in [0.25, 0.3) is 0 Å². The van der Waals surface area contributed by atoms with Crippen molar-refractivity contribution in [1.82, 2.24) is 9.97 Å². The van der Waals surface area contributed by atoms with Crippen molar-refractivity contribution in [2.45, 2.75) is 51.9 Å². The van der Waals surface area contributed by atoms with Crippen LogP contribution in [0.5, 0.6) is 0 Å². The van der Waals surface area contributed by atoms with Gasteiger partial charge in [-0.15, -0.1) is 0 Å². The zero-order chi connectivity index (χ0) is 14.0. The highest BCUT2D eigenvalue weighted by atomic mass is 15.2.